The first-order chi connectivity index (χ1) is 20.2. The van der Waals surface area contributed by atoms with Crippen molar-refractivity contribution in [2.75, 3.05) is 31.1 Å². The van der Waals surface area contributed by atoms with Crippen LogP contribution >= 0.6 is 0 Å². The first-order valence-electron chi connectivity index (χ1n) is 15.0. The lowest BCUT2D eigenvalue weighted by Gasteiger charge is -2.36. The van der Waals surface area contributed by atoms with Gasteiger partial charge < -0.3 is 29.7 Å². The third-order valence-electron chi connectivity index (χ3n) is 8.81. The minimum Gasteiger partial charge on any atom is -0.460 e. The van der Waals surface area contributed by atoms with E-state index >= 15 is 0 Å². The largest absolute Gasteiger partial charge is 0.460 e. The molecule has 4 heterocycles. The maximum absolute atomic E-state index is 14.8. The smallest absolute Gasteiger partial charge is 0.313 e. The maximum Gasteiger partial charge on any atom is 0.313 e. The lowest BCUT2D eigenvalue weighted by atomic mass is 9.74. The number of aliphatic hydroxyl groups is 1. The van der Waals surface area contributed by atoms with Crippen LogP contribution in [0.15, 0.2) is 42.5 Å². The van der Waals surface area contributed by atoms with E-state index in [2.05, 4.69) is 5.32 Å². The molecule has 4 aliphatic rings. The molecule has 2 fully saturated rings. The van der Waals surface area contributed by atoms with Crippen molar-refractivity contribution in [2.45, 2.75) is 76.7 Å². The normalized spacial score (nSPS) is 32.2. The van der Waals surface area contributed by atoms with Gasteiger partial charge in [0, 0.05) is 31.8 Å². The lowest BCUT2D eigenvalue weighted by molar-refractivity contribution is -0.158. The number of esters is 1. The topological polar surface area (TPSA) is 125 Å². The van der Waals surface area contributed by atoms with Crippen LogP contribution in [0.2, 0.25) is 0 Å². The van der Waals surface area contributed by atoms with Crippen LogP contribution in [0.3, 0.4) is 0 Å². The van der Waals surface area contributed by atoms with Gasteiger partial charge in [0.2, 0.25) is 11.8 Å². The molecule has 226 valence electrons. The SMILES string of the molecule is Cc1cccc(C)c1N1C/C=C\CCC(=O)NC[C@H](C)OC(=O)[C@@H]2[C@H]3C(=O)N(CCCCCO)[C@H](C1=O)[C@]31C=C[C@H]2O1. The van der Waals surface area contributed by atoms with Crippen LogP contribution < -0.4 is 10.2 Å². The fraction of sp³-hybridized carbons (Fsp3) is 0.562. The van der Waals surface area contributed by atoms with Crippen molar-refractivity contribution in [3.8, 4) is 0 Å². The van der Waals surface area contributed by atoms with Crippen molar-refractivity contribution in [3.63, 3.8) is 0 Å². The average Bonchev–Trinajstić information content (AvgIpc) is 3.59. The number of hydrogen-bond donors (Lipinski definition) is 2. The van der Waals surface area contributed by atoms with Crippen molar-refractivity contribution >= 4 is 29.4 Å². The van der Waals surface area contributed by atoms with Crippen molar-refractivity contribution < 1.29 is 33.8 Å². The first-order valence-corrected chi connectivity index (χ1v) is 15.0. The molecule has 0 radical (unpaired) electrons. The number of para-hydroxylation sites is 1. The molecule has 6 atom stereocenters. The maximum atomic E-state index is 14.8. The quantitative estimate of drug-likeness (QED) is 0.301. The predicted molar refractivity (Wildman–Crippen MR) is 155 cm³/mol. The number of nitrogens with one attached hydrogen (secondary N) is 1. The van der Waals surface area contributed by atoms with Gasteiger partial charge in [-0.1, -0.05) is 42.5 Å². The third-order valence-corrected chi connectivity index (χ3v) is 8.81. The molecule has 5 bridgehead atoms. The van der Waals surface area contributed by atoms with Gasteiger partial charge in [-0.2, -0.15) is 0 Å². The van der Waals surface area contributed by atoms with E-state index in [1.165, 1.54) is 0 Å². The van der Waals surface area contributed by atoms with Gasteiger partial charge in [-0.3, -0.25) is 19.2 Å². The summed E-state index contributed by atoms with van der Waals surface area (Å²) in [4.78, 5) is 58.2. The summed E-state index contributed by atoms with van der Waals surface area (Å²) in [7, 11) is 0. The average molecular weight is 580 g/mol. The van der Waals surface area contributed by atoms with Crippen LogP contribution in [0.5, 0.6) is 0 Å². The second-order valence-electron chi connectivity index (χ2n) is 11.8. The summed E-state index contributed by atoms with van der Waals surface area (Å²) in [6, 6.07) is 4.86. The molecule has 1 aromatic rings. The van der Waals surface area contributed by atoms with Gasteiger partial charge in [0.15, 0.2) is 0 Å². The number of allylic oxidation sites excluding steroid dienone is 1. The summed E-state index contributed by atoms with van der Waals surface area (Å²) in [5.41, 5.74) is 1.29. The van der Waals surface area contributed by atoms with Crippen LogP contribution in [-0.4, -0.2) is 83.8 Å². The molecular weight excluding hydrogens is 538 g/mol. The van der Waals surface area contributed by atoms with E-state index in [1.54, 1.807) is 28.9 Å². The highest BCUT2D eigenvalue weighted by Crippen LogP contribution is 2.56. The van der Waals surface area contributed by atoms with Crippen molar-refractivity contribution in [1.29, 1.82) is 0 Å². The highest BCUT2D eigenvalue weighted by atomic mass is 16.6. The zero-order chi connectivity index (χ0) is 30.0. The molecule has 10 heteroatoms. The Balaban J connectivity index is 1.59. The van der Waals surface area contributed by atoms with E-state index in [-0.39, 0.29) is 43.8 Å². The molecule has 0 aromatic heterocycles. The van der Waals surface area contributed by atoms with Crippen LogP contribution in [0.25, 0.3) is 0 Å². The molecule has 5 rings (SSSR count). The van der Waals surface area contributed by atoms with Crippen molar-refractivity contribution in [1.82, 2.24) is 10.2 Å². The Hall–Kier alpha value is -3.50. The second-order valence-corrected chi connectivity index (χ2v) is 11.8. The molecule has 0 aliphatic carbocycles. The Bertz CT molecular complexity index is 1270. The van der Waals surface area contributed by atoms with Crippen LogP contribution in [0.4, 0.5) is 5.69 Å². The van der Waals surface area contributed by atoms with Crippen LogP contribution in [0, 0.1) is 25.7 Å². The number of benzene rings is 1. The van der Waals surface area contributed by atoms with E-state index in [4.69, 9.17) is 9.47 Å². The van der Waals surface area contributed by atoms with E-state index < -0.39 is 41.7 Å². The number of cyclic esters (lactones) is 1. The lowest BCUT2D eigenvalue weighted by Crippen LogP contribution is -2.56. The Labute approximate surface area is 246 Å². The highest BCUT2D eigenvalue weighted by molar-refractivity contribution is 6.06. The zero-order valence-corrected chi connectivity index (χ0v) is 24.6. The number of aliphatic hydroxyl groups excluding tert-OH is 1. The van der Waals surface area contributed by atoms with Gasteiger partial charge in [0.25, 0.3) is 5.91 Å². The number of ether oxygens (including phenoxy) is 2. The molecular formula is C32H41N3O7. The summed E-state index contributed by atoms with van der Waals surface area (Å²) < 4.78 is 12.2. The number of rotatable bonds is 6. The molecule has 2 saturated heterocycles. The number of likely N-dealkylation sites (tertiary alicyclic amines) is 1. The van der Waals surface area contributed by atoms with Crippen molar-refractivity contribution in [2.24, 2.45) is 11.8 Å². The monoisotopic (exact) mass is 579 g/mol. The Morgan fingerprint density at radius 1 is 1.05 bits per heavy atom. The fourth-order valence-electron chi connectivity index (χ4n) is 6.88. The number of anilines is 1. The number of unbranched alkanes of at least 4 members (excludes halogenated alkanes) is 2. The van der Waals surface area contributed by atoms with Crippen LogP contribution in [0.1, 0.15) is 50.2 Å². The molecule has 0 unspecified atom stereocenters. The van der Waals surface area contributed by atoms with Crippen molar-refractivity contribution in [3.05, 3.63) is 53.6 Å². The number of fused-ring (bicyclic) bond motifs is 2. The van der Waals surface area contributed by atoms with Gasteiger partial charge in [-0.05, 0) is 57.6 Å². The first kappa shape index (κ1) is 30.0. The molecule has 2 N–H and O–H groups in total. The molecule has 1 spiro atoms. The number of hydrogen-bond acceptors (Lipinski definition) is 7. The summed E-state index contributed by atoms with van der Waals surface area (Å²) in [5.74, 6) is -3.12. The molecule has 3 amide bonds. The standard InChI is InChI=1S/C32H41N3O7/c1-20-11-10-12-21(2)27(20)34-16-7-4-6-13-24(37)33-19-22(3)41-31(40)25-23-14-15-32(42-23)26(25)29(38)35(28(32)30(34)39)17-8-5-9-18-36/h4,7,10-12,14-15,22-23,25-26,28,36H,5-6,8-9,13,16-19H2,1-3H3,(H,33,37)/b7-4-/t22-,23+,25-,26-,28+,32-/m0/s1. The number of nitrogens with zero attached hydrogens (tertiary/aromatic N) is 2. The number of carbonyl (C=O) groups excluding carboxylic acids is 4. The fourth-order valence-corrected chi connectivity index (χ4v) is 6.88. The third kappa shape index (κ3) is 5.38. The van der Waals surface area contributed by atoms with Gasteiger partial charge in [-0.15, -0.1) is 0 Å². The Kier molecular flexibility index (Phi) is 8.84. The molecule has 42 heavy (non-hydrogen) atoms. The number of aryl methyl sites for hydroxylation is 2. The minimum atomic E-state index is -1.30. The second kappa shape index (κ2) is 12.4. The van der Waals surface area contributed by atoms with E-state index in [0.29, 0.717) is 32.2 Å². The Morgan fingerprint density at radius 3 is 2.55 bits per heavy atom. The Morgan fingerprint density at radius 2 is 1.81 bits per heavy atom. The number of amides is 3. The highest BCUT2D eigenvalue weighted by Gasteiger charge is 2.73. The van der Waals surface area contributed by atoms with Gasteiger partial charge in [0.1, 0.15) is 23.7 Å². The van der Waals surface area contributed by atoms with Gasteiger partial charge in [0.05, 0.1) is 18.6 Å². The van der Waals surface area contributed by atoms with Crippen LogP contribution in [-0.2, 0) is 28.7 Å². The van der Waals surface area contributed by atoms with E-state index in [9.17, 15) is 24.3 Å². The molecule has 0 saturated carbocycles. The zero-order valence-electron chi connectivity index (χ0n) is 24.6. The summed E-state index contributed by atoms with van der Waals surface area (Å²) in [5, 5.41) is 12.1. The number of carbonyl (C=O) groups is 4. The summed E-state index contributed by atoms with van der Waals surface area (Å²) in [6.07, 6.45) is 8.68. The van der Waals surface area contributed by atoms with Gasteiger partial charge >= 0.3 is 5.97 Å². The molecule has 10 nitrogen and oxygen atoms in total. The molecule has 4 aliphatic heterocycles. The minimum absolute atomic E-state index is 0.0512. The predicted octanol–water partition coefficient (Wildman–Crippen LogP) is 2.35. The molecule has 1 aromatic carbocycles. The summed E-state index contributed by atoms with van der Waals surface area (Å²) in [6.45, 7) is 6.35. The van der Waals surface area contributed by atoms with Gasteiger partial charge in [-0.25, -0.2) is 0 Å². The van der Waals surface area contributed by atoms with E-state index in [0.717, 1.165) is 16.8 Å². The van der Waals surface area contributed by atoms with E-state index in [1.807, 2.05) is 44.2 Å². The summed E-state index contributed by atoms with van der Waals surface area (Å²) >= 11 is 0.